The van der Waals surface area contributed by atoms with Crippen LogP contribution in [-0.2, 0) is 0 Å². The van der Waals surface area contributed by atoms with Crippen LogP contribution in [0.3, 0.4) is 0 Å². The quantitative estimate of drug-likeness (QED) is 0.350. The van der Waals surface area contributed by atoms with Gasteiger partial charge in [-0.2, -0.15) is 0 Å². The first kappa shape index (κ1) is 13.9. The van der Waals surface area contributed by atoms with Gasteiger partial charge in [0.15, 0.2) is 0 Å². The van der Waals surface area contributed by atoms with Crippen LogP contribution >= 0.6 is 0 Å². The molecule has 0 aliphatic heterocycles. The van der Waals surface area contributed by atoms with Crippen LogP contribution in [0.25, 0.3) is 49.4 Å². The van der Waals surface area contributed by atoms with E-state index in [1.807, 2.05) is 6.20 Å². The lowest BCUT2D eigenvalue weighted by molar-refractivity contribution is 1.27. The molecule has 2 nitrogen and oxygen atoms in total. The Morgan fingerprint density at radius 2 is 1.46 bits per heavy atom. The van der Waals surface area contributed by atoms with Crippen LogP contribution in [0.4, 0.5) is 0 Å². The van der Waals surface area contributed by atoms with Gasteiger partial charge >= 0.3 is 0 Å². The Bertz CT molecular complexity index is 1420. The maximum Gasteiger partial charge on any atom is 0.0709 e. The van der Waals surface area contributed by atoms with Gasteiger partial charge in [-0.25, -0.2) is 0 Å². The summed E-state index contributed by atoms with van der Waals surface area (Å²) in [5.74, 6) is 0. The average molecular weight is 332 g/mol. The minimum Gasteiger partial charge on any atom is -0.308 e. The number of hydrogen-bond acceptors (Lipinski definition) is 1. The van der Waals surface area contributed by atoms with Gasteiger partial charge in [-0.15, -0.1) is 0 Å². The van der Waals surface area contributed by atoms with E-state index in [0.717, 1.165) is 5.69 Å². The van der Waals surface area contributed by atoms with Gasteiger partial charge in [0.05, 0.1) is 22.2 Å². The Balaban J connectivity index is 1.88. The lowest BCUT2D eigenvalue weighted by Crippen LogP contribution is -1.86. The van der Waals surface area contributed by atoms with Crippen LogP contribution in [0.5, 0.6) is 0 Å². The largest absolute Gasteiger partial charge is 0.308 e. The summed E-state index contributed by atoms with van der Waals surface area (Å²) in [6, 6.07) is 26.1. The molecule has 6 aromatic rings. The number of pyridine rings is 1. The van der Waals surface area contributed by atoms with Crippen molar-refractivity contribution < 1.29 is 0 Å². The number of hydrogen-bond donors (Lipinski definition) is 0. The second-order valence-corrected chi connectivity index (χ2v) is 6.97. The predicted octanol–water partition coefficient (Wildman–Crippen LogP) is 6.21. The van der Waals surface area contributed by atoms with Gasteiger partial charge in [-0.1, -0.05) is 54.6 Å². The molecule has 0 unspecified atom stereocenters. The molecule has 0 fully saturated rings. The summed E-state index contributed by atoms with van der Waals surface area (Å²) in [6.45, 7) is 2.07. The van der Waals surface area contributed by atoms with Gasteiger partial charge in [0.1, 0.15) is 0 Å². The molecular weight excluding hydrogens is 316 g/mol. The summed E-state index contributed by atoms with van der Waals surface area (Å²) in [5, 5.41) is 5.22. The molecule has 2 heteroatoms. The van der Waals surface area contributed by atoms with Crippen molar-refractivity contribution in [2.75, 3.05) is 0 Å². The van der Waals surface area contributed by atoms with Crippen LogP contribution < -0.4 is 0 Å². The van der Waals surface area contributed by atoms with E-state index in [4.69, 9.17) is 4.98 Å². The first-order chi connectivity index (χ1) is 12.8. The second kappa shape index (κ2) is 4.83. The minimum absolute atomic E-state index is 1.03. The van der Waals surface area contributed by atoms with Gasteiger partial charge in [0, 0.05) is 33.3 Å². The van der Waals surface area contributed by atoms with E-state index in [9.17, 15) is 0 Å². The Kier molecular flexibility index (Phi) is 2.57. The number of benzene rings is 3. The first-order valence-corrected chi connectivity index (χ1v) is 8.92. The number of rotatable bonds is 1. The Labute approximate surface area is 150 Å². The highest BCUT2D eigenvalue weighted by Crippen LogP contribution is 2.41. The molecule has 0 N–H and O–H groups in total. The van der Waals surface area contributed by atoms with E-state index in [1.54, 1.807) is 0 Å². The summed E-state index contributed by atoms with van der Waals surface area (Å²) in [4.78, 5) is 4.69. The summed E-state index contributed by atoms with van der Waals surface area (Å²) >= 11 is 0. The van der Waals surface area contributed by atoms with E-state index >= 15 is 0 Å². The zero-order valence-electron chi connectivity index (χ0n) is 14.4. The maximum atomic E-state index is 4.69. The van der Waals surface area contributed by atoms with E-state index in [0.29, 0.717) is 0 Å². The molecule has 0 spiro atoms. The fourth-order valence-corrected chi connectivity index (χ4v) is 4.32. The fraction of sp³-hybridized carbons (Fsp3) is 0.0417. The highest BCUT2D eigenvalue weighted by molar-refractivity contribution is 6.25. The van der Waals surface area contributed by atoms with E-state index in [1.165, 1.54) is 49.2 Å². The molecule has 0 atom stereocenters. The summed E-state index contributed by atoms with van der Waals surface area (Å²) < 4.78 is 2.41. The summed E-state index contributed by atoms with van der Waals surface area (Å²) in [5.41, 5.74) is 7.23. The molecule has 122 valence electrons. The SMILES string of the molecule is Cc1ccc(-c2cccc3c2c2cccc4c5ccccc5n3c42)nc1. The first-order valence-electron chi connectivity index (χ1n) is 8.92. The molecule has 3 aromatic carbocycles. The van der Waals surface area contributed by atoms with Gasteiger partial charge in [0.25, 0.3) is 0 Å². The maximum absolute atomic E-state index is 4.69. The van der Waals surface area contributed by atoms with Crippen LogP contribution in [0.1, 0.15) is 5.56 Å². The van der Waals surface area contributed by atoms with Crippen molar-refractivity contribution in [3.63, 3.8) is 0 Å². The van der Waals surface area contributed by atoms with Crippen molar-refractivity contribution >= 4 is 38.1 Å². The highest BCUT2D eigenvalue weighted by Gasteiger charge is 2.19. The van der Waals surface area contributed by atoms with Gasteiger partial charge in [0.2, 0.25) is 0 Å². The minimum atomic E-state index is 1.03. The van der Waals surface area contributed by atoms with Crippen LogP contribution in [0.2, 0.25) is 0 Å². The summed E-state index contributed by atoms with van der Waals surface area (Å²) in [6.07, 6.45) is 1.94. The van der Waals surface area contributed by atoms with Gasteiger partial charge < -0.3 is 4.40 Å². The number of aryl methyl sites for hydroxylation is 1. The monoisotopic (exact) mass is 332 g/mol. The average Bonchev–Trinajstić information content (AvgIpc) is 3.21. The Morgan fingerprint density at radius 3 is 2.35 bits per heavy atom. The van der Waals surface area contributed by atoms with E-state index in [2.05, 4.69) is 84.1 Å². The van der Waals surface area contributed by atoms with Crippen molar-refractivity contribution in [2.45, 2.75) is 6.92 Å². The topological polar surface area (TPSA) is 17.3 Å². The van der Waals surface area contributed by atoms with Crippen LogP contribution in [-0.4, -0.2) is 9.38 Å². The van der Waals surface area contributed by atoms with Gasteiger partial charge in [-0.3, -0.25) is 4.98 Å². The highest BCUT2D eigenvalue weighted by atomic mass is 14.9. The molecule has 0 amide bonds. The number of fused-ring (bicyclic) bond motifs is 6. The van der Waals surface area contributed by atoms with Crippen molar-refractivity contribution in [1.29, 1.82) is 0 Å². The molecule has 6 rings (SSSR count). The molecular formula is C24H16N2. The van der Waals surface area contributed by atoms with Crippen LogP contribution in [0, 0.1) is 6.92 Å². The Morgan fingerprint density at radius 1 is 0.692 bits per heavy atom. The second-order valence-electron chi connectivity index (χ2n) is 6.97. The molecule has 0 saturated carbocycles. The third-order valence-electron chi connectivity index (χ3n) is 5.43. The van der Waals surface area contributed by atoms with E-state index < -0.39 is 0 Å². The van der Waals surface area contributed by atoms with Crippen molar-refractivity contribution in [3.8, 4) is 11.3 Å². The summed E-state index contributed by atoms with van der Waals surface area (Å²) in [7, 11) is 0. The molecule has 0 aliphatic rings. The lowest BCUT2D eigenvalue weighted by Gasteiger charge is -2.05. The molecule has 3 aromatic heterocycles. The normalized spacial score (nSPS) is 12.0. The van der Waals surface area contributed by atoms with Crippen molar-refractivity contribution in [3.05, 3.63) is 84.6 Å². The van der Waals surface area contributed by atoms with Crippen molar-refractivity contribution in [2.24, 2.45) is 0 Å². The van der Waals surface area contributed by atoms with Crippen molar-refractivity contribution in [1.82, 2.24) is 9.38 Å². The number of aromatic nitrogens is 2. The zero-order valence-corrected chi connectivity index (χ0v) is 14.4. The van der Waals surface area contributed by atoms with E-state index in [-0.39, 0.29) is 0 Å². The molecule has 0 bridgehead atoms. The molecule has 0 radical (unpaired) electrons. The molecule has 26 heavy (non-hydrogen) atoms. The standard InChI is InChI=1S/C24H16N2/c1-15-12-13-20(25-14-15)18-8-5-11-22-23(18)19-9-4-7-17-16-6-2-3-10-21(16)26(22)24(17)19/h2-14H,1H3. The lowest BCUT2D eigenvalue weighted by atomic mass is 10.0. The molecule has 0 aliphatic carbocycles. The Hall–Kier alpha value is -3.39. The third kappa shape index (κ3) is 1.64. The molecule has 0 saturated heterocycles. The number of nitrogens with zero attached hydrogens (tertiary/aromatic N) is 2. The van der Waals surface area contributed by atoms with Crippen LogP contribution in [0.15, 0.2) is 79.0 Å². The molecule has 3 heterocycles. The zero-order chi connectivity index (χ0) is 17.3. The fourth-order valence-electron chi connectivity index (χ4n) is 4.32. The predicted molar refractivity (Wildman–Crippen MR) is 109 cm³/mol. The van der Waals surface area contributed by atoms with Gasteiger partial charge in [-0.05, 0) is 30.7 Å². The number of para-hydroxylation sites is 2. The third-order valence-corrected chi connectivity index (χ3v) is 5.43. The smallest absolute Gasteiger partial charge is 0.0709 e.